The van der Waals surface area contributed by atoms with Crippen LogP contribution in [0, 0.1) is 0 Å². The second-order valence-corrected chi connectivity index (χ2v) is 7.02. The Hall–Kier alpha value is -2.26. The molecule has 0 aliphatic carbocycles. The molecule has 0 unspecified atom stereocenters. The number of unbranched alkanes of at least 4 members (excludes halogenated alkanes) is 3. The molecule has 0 saturated heterocycles. The summed E-state index contributed by atoms with van der Waals surface area (Å²) in [5.41, 5.74) is 0. The zero-order valence-corrected chi connectivity index (χ0v) is 16.0. The van der Waals surface area contributed by atoms with E-state index < -0.39 is 14.5 Å². The maximum atomic E-state index is 11.9. The van der Waals surface area contributed by atoms with E-state index in [0.717, 1.165) is 25.7 Å². The van der Waals surface area contributed by atoms with Crippen LogP contribution in [0.4, 0.5) is 4.79 Å². The molecule has 0 spiro atoms. The van der Waals surface area contributed by atoms with Gasteiger partial charge in [-0.3, -0.25) is 0 Å². The van der Waals surface area contributed by atoms with Crippen molar-refractivity contribution in [3.8, 4) is 11.5 Å². The molecule has 2 aromatic carbocycles. The van der Waals surface area contributed by atoms with Gasteiger partial charge in [0, 0.05) is 0 Å². The molecule has 26 heavy (non-hydrogen) atoms. The number of alkyl carbamates (subject to hydrolysis) is 1. The van der Waals surface area contributed by atoms with Gasteiger partial charge in [0.2, 0.25) is 0 Å². The van der Waals surface area contributed by atoms with E-state index in [2.05, 4.69) is 12.2 Å². The fraction of sp³-hybridized carbons (Fsp3) is 0.350. The lowest BCUT2D eigenvalue weighted by atomic mass is 10.2. The molecule has 1 amide bonds. The molecular formula is C20H26NO4P. The summed E-state index contributed by atoms with van der Waals surface area (Å²) in [6.45, 7) is 2.58. The molecule has 0 aliphatic heterocycles. The molecule has 0 atom stereocenters. The molecule has 0 heterocycles. The van der Waals surface area contributed by atoms with Gasteiger partial charge in [-0.25, -0.2) is 4.79 Å². The number of hydrogen-bond acceptors (Lipinski definition) is 4. The Kier molecular flexibility index (Phi) is 9.37. The van der Waals surface area contributed by atoms with Crippen LogP contribution in [0.25, 0.3) is 0 Å². The van der Waals surface area contributed by atoms with E-state index in [4.69, 9.17) is 13.8 Å². The van der Waals surface area contributed by atoms with E-state index in [-0.39, 0.29) is 6.29 Å². The Morgan fingerprint density at radius 2 is 1.46 bits per heavy atom. The van der Waals surface area contributed by atoms with Gasteiger partial charge in [-0.15, -0.1) is 0 Å². The fourth-order valence-corrected chi connectivity index (χ4v) is 3.29. The summed E-state index contributed by atoms with van der Waals surface area (Å²) in [4.78, 5) is 11.9. The van der Waals surface area contributed by atoms with Crippen LogP contribution in [0.15, 0.2) is 60.7 Å². The van der Waals surface area contributed by atoms with E-state index in [0.29, 0.717) is 18.1 Å². The third-order valence-electron chi connectivity index (χ3n) is 3.48. The van der Waals surface area contributed by atoms with Gasteiger partial charge in [-0.05, 0) is 30.7 Å². The molecule has 2 aromatic rings. The van der Waals surface area contributed by atoms with Gasteiger partial charge in [0.15, 0.2) is 0 Å². The van der Waals surface area contributed by atoms with E-state index >= 15 is 0 Å². The highest BCUT2D eigenvalue weighted by molar-refractivity contribution is 7.48. The van der Waals surface area contributed by atoms with E-state index in [1.165, 1.54) is 0 Å². The van der Waals surface area contributed by atoms with Gasteiger partial charge in [-0.2, -0.15) is 0 Å². The molecule has 0 radical (unpaired) electrons. The maximum absolute atomic E-state index is 11.9. The standard InChI is InChI=1S/C20H26NO4P/c1-2-3-4-11-16-23-20(22)21-17-26(24-18-12-7-5-8-13-18)25-19-14-9-6-10-15-19/h5-10,12-15H,2-4,11,16-17H2,1H3,(H,21,22). The number of amides is 1. The fourth-order valence-electron chi connectivity index (χ4n) is 2.15. The van der Waals surface area contributed by atoms with Crippen molar-refractivity contribution in [1.82, 2.24) is 5.32 Å². The number of carbonyl (C=O) groups is 1. The molecule has 0 aliphatic rings. The Bertz CT molecular complexity index is 583. The molecule has 5 nitrogen and oxygen atoms in total. The SMILES string of the molecule is CCCCCCOC(=O)NCP(Oc1ccccc1)Oc1ccccc1. The van der Waals surface area contributed by atoms with Gasteiger partial charge in [0.1, 0.15) is 17.8 Å². The molecule has 140 valence electrons. The second-order valence-electron chi connectivity index (χ2n) is 5.67. The average Bonchev–Trinajstić information content (AvgIpc) is 2.67. The largest absolute Gasteiger partial charge is 0.450 e. The van der Waals surface area contributed by atoms with Crippen LogP contribution < -0.4 is 14.4 Å². The second kappa shape index (κ2) is 12.2. The van der Waals surface area contributed by atoms with Gasteiger partial charge in [0.05, 0.1) is 6.61 Å². The summed E-state index contributed by atoms with van der Waals surface area (Å²) >= 11 is 0. The first-order valence-corrected chi connectivity index (χ1v) is 10.3. The predicted molar refractivity (Wildman–Crippen MR) is 105 cm³/mol. The number of benzene rings is 2. The van der Waals surface area contributed by atoms with Crippen LogP contribution in [0.3, 0.4) is 0 Å². The van der Waals surface area contributed by atoms with Crippen molar-refractivity contribution in [2.24, 2.45) is 0 Å². The number of hydrogen-bond donors (Lipinski definition) is 1. The number of carbonyl (C=O) groups excluding carboxylic acids is 1. The highest BCUT2D eigenvalue weighted by atomic mass is 31.2. The Morgan fingerprint density at radius 3 is 2.00 bits per heavy atom. The van der Waals surface area contributed by atoms with Gasteiger partial charge in [0.25, 0.3) is 0 Å². The first kappa shape index (κ1) is 20.1. The Labute approximate surface area is 156 Å². The Balaban J connectivity index is 1.82. The summed E-state index contributed by atoms with van der Waals surface area (Å²) in [6, 6.07) is 18.8. The minimum atomic E-state index is -1.38. The van der Waals surface area contributed by atoms with Crippen molar-refractivity contribution >= 4 is 14.5 Å². The first-order chi connectivity index (χ1) is 12.8. The number of ether oxygens (including phenoxy) is 1. The summed E-state index contributed by atoms with van der Waals surface area (Å²) < 4.78 is 17.0. The average molecular weight is 375 g/mol. The zero-order valence-electron chi connectivity index (χ0n) is 15.1. The quantitative estimate of drug-likeness (QED) is 0.403. The molecular weight excluding hydrogens is 349 g/mol. The summed E-state index contributed by atoms with van der Waals surface area (Å²) in [5.74, 6) is 1.40. The van der Waals surface area contributed by atoms with Crippen molar-refractivity contribution in [3.63, 3.8) is 0 Å². The number of para-hydroxylation sites is 2. The van der Waals surface area contributed by atoms with Crippen molar-refractivity contribution < 1.29 is 18.6 Å². The molecule has 2 rings (SSSR count). The molecule has 0 aromatic heterocycles. The lowest BCUT2D eigenvalue weighted by Gasteiger charge is -2.19. The maximum Gasteiger partial charge on any atom is 0.407 e. The highest BCUT2D eigenvalue weighted by Gasteiger charge is 2.17. The van der Waals surface area contributed by atoms with Crippen molar-refractivity contribution in [2.75, 3.05) is 12.9 Å². The Morgan fingerprint density at radius 1 is 0.885 bits per heavy atom. The summed E-state index contributed by atoms with van der Waals surface area (Å²) in [5, 5.41) is 2.73. The third-order valence-corrected chi connectivity index (χ3v) is 4.73. The normalized spacial score (nSPS) is 10.4. The topological polar surface area (TPSA) is 56.8 Å². The predicted octanol–water partition coefficient (Wildman–Crippen LogP) is 5.72. The molecule has 0 saturated carbocycles. The van der Waals surface area contributed by atoms with Gasteiger partial charge >= 0.3 is 14.5 Å². The van der Waals surface area contributed by atoms with Crippen LogP contribution in [-0.2, 0) is 4.74 Å². The van der Waals surface area contributed by atoms with Crippen LogP contribution in [0.2, 0.25) is 0 Å². The van der Waals surface area contributed by atoms with E-state index in [9.17, 15) is 4.79 Å². The van der Waals surface area contributed by atoms with Crippen LogP contribution in [0.5, 0.6) is 11.5 Å². The first-order valence-electron chi connectivity index (χ1n) is 8.92. The number of rotatable bonds is 11. The summed E-state index contributed by atoms with van der Waals surface area (Å²) in [6.07, 6.45) is 4.08. The molecule has 0 bridgehead atoms. The molecule has 0 fully saturated rings. The lowest BCUT2D eigenvalue weighted by Crippen LogP contribution is -2.26. The van der Waals surface area contributed by atoms with Crippen molar-refractivity contribution in [2.45, 2.75) is 32.6 Å². The minimum Gasteiger partial charge on any atom is -0.450 e. The van der Waals surface area contributed by atoms with Gasteiger partial charge in [-0.1, -0.05) is 62.6 Å². The summed E-state index contributed by atoms with van der Waals surface area (Å²) in [7, 11) is -1.38. The third kappa shape index (κ3) is 8.21. The lowest BCUT2D eigenvalue weighted by molar-refractivity contribution is 0.145. The van der Waals surface area contributed by atoms with Crippen LogP contribution in [0.1, 0.15) is 32.6 Å². The molecule has 6 heteroatoms. The van der Waals surface area contributed by atoms with Crippen LogP contribution in [-0.4, -0.2) is 19.0 Å². The minimum absolute atomic E-state index is 0.243. The van der Waals surface area contributed by atoms with E-state index in [1.54, 1.807) is 0 Å². The molecule has 1 N–H and O–H groups in total. The smallest absolute Gasteiger partial charge is 0.407 e. The number of nitrogens with one attached hydrogen (secondary N) is 1. The monoisotopic (exact) mass is 375 g/mol. The van der Waals surface area contributed by atoms with Gasteiger partial charge < -0.3 is 19.1 Å². The highest BCUT2D eigenvalue weighted by Crippen LogP contribution is 2.39. The zero-order chi connectivity index (χ0) is 18.5. The van der Waals surface area contributed by atoms with Crippen molar-refractivity contribution in [3.05, 3.63) is 60.7 Å². The van der Waals surface area contributed by atoms with Crippen LogP contribution >= 0.6 is 8.38 Å². The van der Waals surface area contributed by atoms with Crippen molar-refractivity contribution in [1.29, 1.82) is 0 Å². The van der Waals surface area contributed by atoms with E-state index in [1.807, 2.05) is 60.7 Å².